The summed E-state index contributed by atoms with van der Waals surface area (Å²) >= 11 is 0. The van der Waals surface area contributed by atoms with Crippen molar-refractivity contribution < 1.29 is 13.2 Å². The average molecular weight is 205 g/mol. The number of sulfone groups is 1. The van der Waals surface area contributed by atoms with Crippen LogP contribution in [0.3, 0.4) is 0 Å². The highest BCUT2D eigenvalue weighted by atomic mass is 32.2. The largest absolute Gasteiger partial charge is 0.320 e. The first-order valence-electron chi connectivity index (χ1n) is 3.49. The Morgan fingerprint density at radius 3 is 2.62 bits per heavy atom. The quantitative estimate of drug-likeness (QED) is 0.421. The van der Waals surface area contributed by atoms with E-state index in [0.717, 1.165) is 6.26 Å². The van der Waals surface area contributed by atoms with Gasteiger partial charge >= 0.3 is 0 Å². The fourth-order valence-corrected chi connectivity index (χ4v) is 1.30. The predicted octanol–water partition coefficient (Wildman–Crippen LogP) is -1.65. The van der Waals surface area contributed by atoms with Gasteiger partial charge in [-0.15, -0.1) is 0 Å². The van der Waals surface area contributed by atoms with Crippen LogP contribution in [0.4, 0.5) is 0 Å². The van der Waals surface area contributed by atoms with E-state index in [2.05, 4.69) is 0 Å². The molecular weight excluding hydrogens is 194 g/mol. The Balaban J connectivity index is 3.96. The molecule has 1 atom stereocenters. The maximum atomic E-state index is 10.8. The SMILES string of the molecule is CS(=O)(=O)CCC(N)C(=O)NC#N. The molecule has 74 valence electrons. The minimum Gasteiger partial charge on any atom is -0.320 e. The molecule has 0 saturated carbocycles. The summed E-state index contributed by atoms with van der Waals surface area (Å²) in [5.74, 6) is -0.821. The van der Waals surface area contributed by atoms with Gasteiger partial charge in [0.15, 0.2) is 6.19 Å². The Labute approximate surface area is 76.6 Å². The Kier molecular flexibility index (Phi) is 4.37. The molecule has 0 radical (unpaired) electrons. The van der Waals surface area contributed by atoms with Gasteiger partial charge in [0.25, 0.3) is 0 Å². The number of nitrogens with two attached hydrogens (primary N) is 1. The summed E-state index contributed by atoms with van der Waals surface area (Å²) in [6.45, 7) is 0. The van der Waals surface area contributed by atoms with Gasteiger partial charge in [0.1, 0.15) is 9.84 Å². The van der Waals surface area contributed by atoms with Crippen LogP contribution in [0, 0.1) is 11.5 Å². The number of nitriles is 1. The lowest BCUT2D eigenvalue weighted by molar-refractivity contribution is -0.121. The number of amides is 1. The molecule has 0 rings (SSSR count). The molecule has 0 heterocycles. The fraction of sp³-hybridized carbons (Fsp3) is 0.667. The summed E-state index contributed by atoms with van der Waals surface area (Å²) in [5, 5.41) is 9.89. The van der Waals surface area contributed by atoms with E-state index in [1.54, 1.807) is 0 Å². The lowest BCUT2D eigenvalue weighted by atomic mass is 10.2. The third-order valence-corrected chi connectivity index (χ3v) is 2.29. The molecule has 7 heteroatoms. The Morgan fingerprint density at radius 1 is 1.69 bits per heavy atom. The third-order valence-electron chi connectivity index (χ3n) is 1.32. The zero-order valence-electron chi connectivity index (χ0n) is 7.15. The van der Waals surface area contributed by atoms with Crippen molar-refractivity contribution in [3.8, 4) is 6.19 Å². The van der Waals surface area contributed by atoms with Gasteiger partial charge in [0.2, 0.25) is 5.91 Å². The third kappa shape index (κ3) is 6.07. The summed E-state index contributed by atoms with van der Waals surface area (Å²) in [5.41, 5.74) is 5.28. The van der Waals surface area contributed by atoms with Gasteiger partial charge in [0.05, 0.1) is 11.8 Å². The van der Waals surface area contributed by atoms with Crippen molar-refractivity contribution in [2.75, 3.05) is 12.0 Å². The molecule has 1 amide bonds. The van der Waals surface area contributed by atoms with Crippen molar-refractivity contribution in [3.63, 3.8) is 0 Å². The number of hydrogen-bond acceptors (Lipinski definition) is 5. The van der Waals surface area contributed by atoms with Crippen LogP contribution < -0.4 is 11.1 Å². The van der Waals surface area contributed by atoms with Crippen molar-refractivity contribution in [2.45, 2.75) is 12.5 Å². The monoisotopic (exact) mass is 205 g/mol. The highest BCUT2D eigenvalue weighted by molar-refractivity contribution is 7.90. The first-order valence-corrected chi connectivity index (χ1v) is 5.55. The summed E-state index contributed by atoms with van der Waals surface area (Å²) in [7, 11) is -3.11. The van der Waals surface area contributed by atoms with Crippen molar-refractivity contribution in [1.82, 2.24) is 5.32 Å². The zero-order valence-corrected chi connectivity index (χ0v) is 7.97. The Morgan fingerprint density at radius 2 is 2.23 bits per heavy atom. The number of hydrogen-bond donors (Lipinski definition) is 2. The number of carbonyl (C=O) groups is 1. The van der Waals surface area contributed by atoms with Crippen molar-refractivity contribution in [2.24, 2.45) is 5.73 Å². The maximum Gasteiger partial charge on any atom is 0.249 e. The Bertz CT molecular complexity index is 317. The van der Waals surface area contributed by atoms with E-state index >= 15 is 0 Å². The summed E-state index contributed by atoms with van der Waals surface area (Å²) in [6.07, 6.45) is 2.49. The van der Waals surface area contributed by atoms with Gasteiger partial charge in [-0.05, 0) is 6.42 Å². The number of rotatable bonds is 4. The van der Waals surface area contributed by atoms with Gasteiger partial charge in [-0.1, -0.05) is 0 Å². The molecule has 0 aromatic carbocycles. The van der Waals surface area contributed by atoms with Crippen molar-refractivity contribution in [1.29, 1.82) is 5.26 Å². The van der Waals surface area contributed by atoms with E-state index in [4.69, 9.17) is 11.0 Å². The van der Waals surface area contributed by atoms with Gasteiger partial charge < -0.3 is 5.73 Å². The molecular formula is C6H11N3O3S. The predicted molar refractivity (Wildman–Crippen MR) is 46.1 cm³/mol. The number of nitrogens with one attached hydrogen (secondary N) is 1. The van der Waals surface area contributed by atoms with Gasteiger partial charge in [-0.25, -0.2) is 8.42 Å². The molecule has 0 aromatic heterocycles. The molecule has 6 nitrogen and oxygen atoms in total. The summed E-state index contributed by atoms with van der Waals surface area (Å²) in [6, 6.07) is -0.950. The van der Waals surface area contributed by atoms with Crippen LogP contribution in [-0.4, -0.2) is 32.4 Å². The van der Waals surface area contributed by atoms with Crippen LogP contribution in [0.15, 0.2) is 0 Å². The smallest absolute Gasteiger partial charge is 0.249 e. The van der Waals surface area contributed by atoms with Crippen molar-refractivity contribution >= 4 is 15.7 Å². The molecule has 0 aromatic rings. The molecule has 0 spiro atoms. The molecule has 0 saturated heterocycles. The lowest BCUT2D eigenvalue weighted by Gasteiger charge is -2.06. The zero-order chi connectivity index (χ0) is 10.5. The molecule has 13 heavy (non-hydrogen) atoms. The summed E-state index contributed by atoms with van der Waals surface area (Å²) in [4.78, 5) is 10.8. The highest BCUT2D eigenvalue weighted by Crippen LogP contribution is 1.93. The van der Waals surface area contributed by atoms with Crippen LogP contribution in [-0.2, 0) is 14.6 Å². The van der Waals surface area contributed by atoms with Crippen LogP contribution in [0.5, 0.6) is 0 Å². The van der Waals surface area contributed by atoms with E-state index in [1.165, 1.54) is 6.19 Å². The minimum atomic E-state index is -3.11. The van der Waals surface area contributed by atoms with Crippen molar-refractivity contribution in [3.05, 3.63) is 0 Å². The van der Waals surface area contributed by atoms with E-state index in [9.17, 15) is 13.2 Å². The second kappa shape index (κ2) is 4.79. The van der Waals surface area contributed by atoms with Crippen LogP contribution in [0.2, 0.25) is 0 Å². The summed E-state index contributed by atoms with van der Waals surface area (Å²) < 4.78 is 21.3. The Hall–Kier alpha value is -1.13. The average Bonchev–Trinajstić information content (AvgIpc) is 1.99. The second-order valence-electron chi connectivity index (χ2n) is 2.63. The van der Waals surface area contributed by atoms with Crippen LogP contribution in [0.25, 0.3) is 0 Å². The molecule has 3 N–H and O–H groups in total. The van der Waals surface area contributed by atoms with E-state index in [0.29, 0.717) is 0 Å². The number of nitrogens with zero attached hydrogens (tertiary/aromatic N) is 1. The van der Waals surface area contributed by atoms with E-state index in [-0.39, 0.29) is 12.2 Å². The molecule has 0 aliphatic rings. The first kappa shape index (κ1) is 11.9. The van der Waals surface area contributed by atoms with Crippen LogP contribution in [0.1, 0.15) is 6.42 Å². The lowest BCUT2D eigenvalue weighted by Crippen LogP contribution is -2.39. The van der Waals surface area contributed by atoms with E-state index < -0.39 is 21.8 Å². The molecule has 0 bridgehead atoms. The highest BCUT2D eigenvalue weighted by Gasteiger charge is 2.14. The first-order chi connectivity index (χ1) is 5.87. The van der Waals surface area contributed by atoms with Gasteiger partial charge in [0, 0.05) is 6.26 Å². The fourth-order valence-electron chi connectivity index (χ4n) is 0.620. The molecule has 0 aliphatic heterocycles. The van der Waals surface area contributed by atoms with E-state index in [1.807, 2.05) is 5.32 Å². The second-order valence-corrected chi connectivity index (χ2v) is 4.89. The van der Waals surface area contributed by atoms with Gasteiger partial charge in [-0.2, -0.15) is 5.26 Å². The molecule has 0 fully saturated rings. The number of carbonyl (C=O) groups excluding carboxylic acids is 1. The topological polar surface area (TPSA) is 113 Å². The standard InChI is InChI=1S/C6H11N3O3S/c1-13(11,12)3-2-5(8)6(10)9-4-7/h5H,2-3,8H2,1H3,(H,9,10). The maximum absolute atomic E-state index is 10.8. The molecule has 1 unspecified atom stereocenters. The molecule has 0 aliphatic carbocycles. The van der Waals surface area contributed by atoms with Crippen LogP contribution >= 0.6 is 0 Å². The minimum absolute atomic E-state index is 0.0202. The van der Waals surface area contributed by atoms with Gasteiger partial charge in [-0.3, -0.25) is 10.1 Å². The normalized spacial score (nSPS) is 13.0.